The fourth-order valence-corrected chi connectivity index (χ4v) is 5.24. The van der Waals surface area contributed by atoms with E-state index >= 15 is 0 Å². The number of aliphatic hydroxyl groups is 1. The van der Waals surface area contributed by atoms with E-state index in [0.29, 0.717) is 12.4 Å². The number of hydrogen-bond acceptors (Lipinski definition) is 7. The van der Waals surface area contributed by atoms with Crippen molar-refractivity contribution in [3.05, 3.63) is 72.2 Å². The van der Waals surface area contributed by atoms with Gasteiger partial charge in [0.05, 0.1) is 34.4 Å². The number of nitrogens with zero attached hydrogens (tertiary/aromatic N) is 4. The average molecular weight is 516 g/mol. The number of benzene rings is 2. The third-order valence-corrected chi connectivity index (χ3v) is 7.53. The number of nitrogens with one attached hydrogen (secondary N) is 1. The summed E-state index contributed by atoms with van der Waals surface area (Å²) in [5.41, 5.74) is 4.55. The van der Waals surface area contributed by atoms with Gasteiger partial charge in [-0.05, 0) is 75.2 Å². The summed E-state index contributed by atoms with van der Waals surface area (Å²) in [6.07, 6.45) is 6.62. The molecule has 0 radical (unpaired) electrons. The first-order valence-corrected chi connectivity index (χ1v) is 13.8. The highest BCUT2D eigenvalue weighted by Gasteiger charge is 2.18. The molecule has 0 spiro atoms. The fourth-order valence-electron chi connectivity index (χ4n) is 4.53. The maximum absolute atomic E-state index is 11.9. The van der Waals surface area contributed by atoms with Crippen molar-refractivity contribution in [3.8, 4) is 11.3 Å². The molecule has 3 heterocycles. The number of hydrogen-bond donors (Lipinski definition) is 2. The van der Waals surface area contributed by atoms with Crippen molar-refractivity contribution in [1.82, 2.24) is 19.7 Å². The van der Waals surface area contributed by atoms with Crippen LogP contribution in [0.2, 0.25) is 0 Å². The van der Waals surface area contributed by atoms with Crippen molar-refractivity contribution in [2.45, 2.75) is 44.7 Å². The van der Waals surface area contributed by atoms with E-state index in [-0.39, 0.29) is 4.90 Å². The van der Waals surface area contributed by atoms with Gasteiger partial charge in [0.15, 0.2) is 9.84 Å². The lowest BCUT2D eigenvalue weighted by Gasteiger charge is -2.18. The van der Waals surface area contributed by atoms with Gasteiger partial charge in [-0.25, -0.2) is 13.4 Å². The van der Waals surface area contributed by atoms with E-state index in [1.165, 1.54) is 6.26 Å². The number of anilines is 2. The second-order valence-electron chi connectivity index (χ2n) is 10.1. The highest BCUT2D eigenvalue weighted by molar-refractivity contribution is 7.90. The van der Waals surface area contributed by atoms with E-state index < -0.39 is 15.4 Å². The Labute approximate surface area is 215 Å². The van der Waals surface area contributed by atoms with Gasteiger partial charge in [-0.15, -0.1) is 0 Å². The van der Waals surface area contributed by atoms with Crippen molar-refractivity contribution >= 4 is 43.0 Å². The van der Waals surface area contributed by atoms with Crippen LogP contribution in [0.25, 0.3) is 32.9 Å². The smallest absolute Gasteiger partial charge is 0.175 e. The summed E-state index contributed by atoms with van der Waals surface area (Å²) < 4.78 is 25.6. The van der Waals surface area contributed by atoms with Crippen LogP contribution >= 0.6 is 0 Å². The van der Waals surface area contributed by atoms with Crippen molar-refractivity contribution in [1.29, 1.82) is 0 Å². The van der Waals surface area contributed by atoms with E-state index in [9.17, 15) is 13.5 Å². The van der Waals surface area contributed by atoms with Gasteiger partial charge in [-0.2, -0.15) is 5.10 Å². The van der Waals surface area contributed by atoms with Crippen LogP contribution in [0.3, 0.4) is 0 Å². The van der Waals surface area contributed by atoms with E-state index in [2.05, 4.69) is 22.3 Å². The van der Waals surface area contributed by atoms with Crippen LogP contribution in [0.15, 0.2) is 66.0 Å². The van der Waals surface area contributed by atoms with Crippen LogP contribution in [0, 0.1) is 13.8 Å². The Morgan fingerprint density at radius 3 is 2.49 bits per heavy atom. The zero-order chi connectivity index (χ0) is 26.5. The molecule has 0 bridgehead atoms. The summed E-state index contributed by atoms with van der Waals surface area (Å²) in [5.74, 6) is 0.633. The molecule has 0 saturated heterocycles. The molecule has 5 rings (SSSR count). The highest BCUT2D eigenvalue weighted by Crippen LogP contribution is 2.34. The van der Waals surface area contributed by atoms with Gasteiger partial charge in [0.1, 0.15) is 5.82 Å². The lowest BCUT2D eigenvalue weighted by Crippen LogP contribution is -2.26. The summed E-state index contributed by atoms with van der Waals surface area (Å²) in [4.78, 5) is 9.57. The molecule has 0 aliphatic carbocycles. The van der Waals surface area contributed by atoms with Crippen molar-refractivity contribution in [3.63, 3.8) is 0 Å². The Bertz CT molecular complexity index is 1770. The Morgan fingerprint density at radius 2 is 1.78 bits per heavy atom. The fraction of sp³-hybridized carbons (Fsp3) is 0.250. The van der Waals surface area contributed by atoms with Gasteiger partial charge >= 0.3 is 0 Å². The molecular formula is C28H29N5O3S. The van der Waals surface area contributed by atoms with Gasteiger partial charge in [-0.1, -0.05) is 6.07 Å². The topological polar surface area (TPSA) is 110 Å². The Kier molecular flexibility index (Phi) is 6.00. The van der Waals surface area contributed by atoms with E-state index in [0.717, 1.165) is 49.7 Å². The Hall–Kier alpha value is -3.82. The van der Waals surface area contributed by atoms with Gasteiger partial charge in [0, 0.05) is 46.1 Å². The van der Waals surface area contributed by atoms with Crippen LogP contribution in [0.4, 0.5) is 11.5 Å². The van der Waals surface area contributed by atoms with Gasteiger partial charge in [-0.3, -0.25) is 9.67 Å². The molecule has 37 heavy (non-hydrogen) atoms. The molecule has 0 aliphatic heterocycles. The first kappa shape index (κ1) is 24.9. The van der Waals surface area contributed by atoms with Crippen molar-refractivity contribution < 1.29 is 13.5 Å². The minimum absolute atomic E-state index is 0.283. The minimum Gasteiger partial charge on any atom is -0.389 e. The summed E-state index contributed by atoms with van der Waals surface area (Å²) in [6, 6.07) is 13.0. The van der Waals surface area contributed by atoms with Crippen LogP contribution in [0.5, 0.6) is 0 Å². The monoisotopic (exact) mass is 515 g/mol. The maximum atomic E-state index is 11.9. The van der Waals surface area contributed by atoms with Crippen molar-refractivity contribution in [2.75, 3.05) is 11.6 Å². The molecule has 0 fully saturated rings. The highest BCUT2D eigenvalue weighted by atomic mass is 32.2. The number of rotatable bonds is 6. The second kappa shape index (κ2) is 8.93. The molecule has 0 unspecified atom stereocenters. The van der Waals surface area contributed by atoms with Crippen LogP contribution in [-0.2, 0) is 16.4 Å². The van der Waals surface area contributed by atoms with Crippen LogP contribution in [-0.4, -0.2) is 45.1 Å². The van der Waals surface area contributed by atoms with Gasteiger partial charge in [0.25, 0.3) is 0 Å². The Morgan fingerprint density at radius 1 is 1.00 bits per heavy atom. The number of aromatic nitrogens is 4. The summed E-state index contributed by atoms with van der Waals surface area (Å²) in [6.45, 7) is 7.85. The molecule has 2 N–H and O–H groups in total. The third-order valence-electron chi connectivity index (χ3n) is 6.42. The molecule has 9 heteroatoms. The lowest BCUT2D eigenvalue weighted by molar-refractivity contribution is 0.0591. The van der Waals surface area contributed by atoms with Crippen LogP contribution in [0.1, 0.15) is 25.0 Å². The maximum Gasteiger partial charge on any atom is 0.175 e. The quantitative estimate of drug-likeness (QED) is 0.321. The zero-order valence-electron chi connectivity index (χ0n) is 21.4. The lowest BCUT2D eigenvalue weighted by atomic mass is 9.98. The Balaban J connectivity index is 1.56. The largest absolute Gasteiger partial charge is 0.389 e. The molecular weight excluding hydrogens is 486 g/mol. The van der Waals surface area contributed by atoms with Gasteiger partial charge < -0.3 is 10.4 Å². The predicted octanol–water partition coefficient (Wildman–Crippen LogP) is 5.18. The summed E-state index contributed by atoms with van der Waals surface area (Å²) >= 11 is 0. The number of sulfone groups is 1. The van der Waals surface area contributed by atoms with E-state index in [1.54, 1.807) is 44.4 Å². The molecule has 3 aromatic heterocycles. The average Bonchev–Trinajstić information content (AvgIpc) is 3.21. The second-order valence-corrected chi connectivity index (χ2v) is 12.1. The summed E-state index contributed by atoms with van der Waals surface area (Å²) in [5, 5.41) is 21.0. The first-order valence-electron chi connectivity index (χ1n) is 11.9. The van der Waals surface area contributed by atoms with Crippen molar-refractivity contribution in [2.24, 2.45) is 0 Å². The SMILES string of the molecule is Cc1cc(S(C)(=O)=O)ccc1Nc1cc2c(-c3ccc4c(cnn4CC(C)(C)O)c3C)nccc2cn1. The van der Waals surface area contributed by atoms with Gasteiger partial charge in [0.2, 0.25) is 0 Å². The molecule has 190 valence electrons. The first-order chi connectivity index (χ1) is 17.4. The minimum atomic E-state index is -3.28. The molecule has 0 aliphatic rings. The number of fused-ring (bicyclic) bond motifs is 2. The molecule has 0 amide bonds. The van der Waals surface area contributed by atoms with E-state index in [1.807, 2.05) is 42.1 Å². The molecule has 5 aromatic rings. The van der Waals surface area contributed by atoms with E-state index in [4.69, 9.17) is 4.98 Å². The number of pyridine rings is 2. The predicted molar refractivity (Wildman–Crippen MR) is 147 cm³/mol. The van der Waals surface area contributed by atoms with Crippen LogP contribution < -0.4 is 5.32 Å². The normalized spacial score (nSPS) is 12.4. The third kappa shape index (κ3) is 4.92. The molecule has 0 saturated carbocycles. The number of aryl methyl sites for hydroxylation is 2. The summed E-state index contributed by atoms with van der Waals surface area (Å²) in [7, 11) is -3.28. The molecule has 2 aromatic carbocycles. The zero-order valence-corrected chi connectivity index (χ0v) is 22.3. The standard InChI is InChI=1S/C28H29N5O3S/c1-17-12-20(37(5,35)36)6-8-24(17)32-26-13-22-19(14-30-26)10-11-29-27(22)21-7-9-25-23(18(21)2)15-31-33(25)16-28(3,4)34/h6-15,34H,16H2,1-5H3,(H,30,32). The molecule has 8 nitrogen and oxygen atoms in total. The molecule has 0 atom stereocenters.